The number of primary amides is 1. The van der Waals surface area contributed by atoms with Gasteiger partial charge in [-0.05, 0) is 36.4 Å². The van der Waals surface area contributed by atoms with E-state index in [4.69, 9.17) is 10.5 Å². The number of fused-ring (bicyclic) bond motifs is 1. The predicted octanol–water partition coefficient (Wildman–Crippen LogP) is 1.54. The minimum absolute atomic E-state index is 0.123. The van der Waals surface area contributed by atoms with Crippen LogP contribution in [0.15, 0.2) is 48.5 Å². The fraction of sp³-hybridized carbons (Fsp3) is 0.167. The Morgan fingerprint density at radius 3 is 2.44 bits per heavy atom. The van der Waals surface area contributed by atoms with E-state index in [0.717, 1.165) is 0 Å². The summed E-state index contributed by atoms with van der Waals surface area (Å²) in [4.78, 5) is 37.0. The zero-order valence-corrected chi connectivity index (χ0v) is 13.6. The molecule has 2 aromatic rings. The van der Waals surface area contributed by atoms with Crippen molar-refractivity contribution in [2.75, 3.05) is 16.8 Å². The lowest BCUT2D eigenvalue weighted by atomic mass is 10.1. The molecule has 0 aromatic heterocycles. The van der Waals surface area contributed by atoms with Crippen LogP contribution in [0.5, 0.6) is 5.75 Å². The number of nitrogens with one attached hydrogen (secondary N) is 1. The van der Waals surface area contributed by atoms with Crippen molar-refractivity contribution in [3.8, 4) is 5.75 Å². The van der Waals surface area contributed by atoms with Crippen LogP contribution in [-0.2, 0) is 9.59 Å². The van der Waals surface area contributed by atoms with E-state index >= 15 is 0 Å². The standard InChI is InChI=1S/C18H17N3O4/c1-11(22)21-10-16(25-15-5-3-2-4-14(15)21)18(24)20-13-8-6-12(7-9-13)17(19)23/h2-9,16H,10H2,1H3,(H2,19,23)(H,20,24)/t16-/m0/s1. The monoisotopic (exact) mass is 339 g/mol. The van der Waals surface area contributed by atoms with Gasteiger partial charge in [0.2, 0.25) is 11.8 Å². The van der Waals surface area contributed by atoms with E-state index in [2.05, 4.69) is 5.32 Å². The summed E-state index contributed by atoms with van der Waals surface area (Å²) in [5.74, 6) is -0.609. The van der Waals surface area contributed by atoms with Gasteiger partial charge in [-0.3, -0.25) is 14.4 Å². The van der Waals surface area contributed by atoms with Gasteiger partial charge in [0, 0.05) is 18.2 Å². The highest BCUT2D eigenvalue weighted by molar-refractivity contribution is 6.00. The van der Waals surface area contributed by atoms with E-state index in [1.165, 1.54) is 24.0 Å². The van der Waals surface area contributed by atoms with Crippen molar-refractivity contribution < 1.29 is 19.1 Å². The Morgan fingerprint density at radius 1 is 1.12 bits per heavy atom. The third-order valence-electron chi connectivity index (χ3n) is 3.88. The fourth-order valence-electron chi connectivity index (χ4n) is 2.61. The van der Waals surface area contributed by atoms with E-state index in [-0.39, 0.29) is 18.4 Å². The van der Waals surface area contributed by atoms with E-state index in [0.29, 0.717) is 22.7 Å². The van der Waals surface area contributed by atoms with E-state index in [1.807, 2.05) is 0 Å². The molecule has 0 unspecified atom stereocenters. The second kappa shape index (κ2) is 6.64. The Bertz CT molecular complexity index is 832. The van der Waals surface area contributed by atoms with Gasteiger partial charge in [0.15, 0.2) is 6.10 Å². The summed E-state index contributed by atoms with van der Waals surface area (Å²) in [5.41, 5.74) is 6.69. The van der Waals surface area contributed by atoms with Gasteiger partial charge in [-0.1, -0.05) is 12.1 Å². The zero-order chi connectivity index (χ0) is 18.0. The number of hydrogen-bond acceptors (Lipinski definition) is 4. The molecule has 3 rings (SSSR count). The molecule has 3 N–H and O–H groups in total. The summed E-state index contributed by atoms with van der Waals surface area (Å²) < 4.78 is 5.73. The summed E-state index contributed by atoms with van der Waals surface area (Å²) >= 11 is 0. The van der Waals surface area contributed by atoms with Gasteiger partial charge < -0.3 is 20.7 Å². The number of anilines is 2. The summed E-state index contributed by atoms with van der Waals surface area (Å²) in [6.45, 7) is 1.57. The first kappa shape index (κ1) is 16.5. The largest absolute Gasteiger partial charge is 0.476 e. The molecule has 0 saturated carbocycles. The minimum atomic E-state index is -0.838. The average molecular weight is 339 g/mol. The van der Waals surface area contributed by atoms with Crippen LogP contribution in [0.1, 0.15) is 17.3 Å². The fourth-order valence-corrected chi connectivity index (χ4v) is 2.61. The summed E-state index contributed by atoms with van der Waals surface area (Å²) in [6, 6.07) is 13.3. The lowest BCUT2D eigenvalue weighted by Crippen LogP contribution is -2.48. The molecule has 0 bridgehead atoms. The lowest BCUT2D eigenvalue weighted by molar-refractivity contribution is -0.123. The van der Waals surface area contributed by atoms with Crippen molar-refractivity contribution in [2.45, 2.75) is 13.0 Å². The van der Waals surface area contributed by atoms with Crippen LogP contribution in [0, 0.1) is 0 Å². The molecule has 0 radical (unpaired) electrons. The number of hydrogen-bond donors (Lipinski definition) is 2. The highest BCUT2D eigenvalue weighted by atomic mass is 16.5. The molecule has 7 heteroatoms. The highest BCUT2D eigenvalue weighted by Gasteiger charge is 2.32. The van der Waals surface area contributed by atoms with E-state index < -0.39 is 12.0 Å². The molecule has 2 aromatic carbocycles. The van der Waals surface area contributed by atoms with Crippen molar-refractivity contribution in [3.05, 3.63) is 54.1 Å². The summed E-state index contributed by atoms with van der Waals surface area (Å²) in [6.07, 6.45) is -0.838. The van der Waals surface area contributed by atoms with Crippen molar-refractivity contribution in [1.29, 1.82) is 0 Å². The smallest absolute Gasteiger partial charge is 0.267 e. The molecule has 1 heterocycles. The molecule has 25 heavy (non-hydrogen) atoms. The third-order valence-corrected chi connectivity index (χ3v) is 3.88. The number of benzene rings is 2. The number of nitrogens with zero attached hydrogens (tertiary/aromatic N) is 1. The quantitative estimate of drug-likeness (QED) is 0.885. The number of rotatable bonds is 3. The zero-order valence-electron chi connectivity index (χ0n) is 13.6. The molecule has 0 saturated heterocycles. The Hall–Kier alpha value is -3.35. The molecule has 7 nitrogen and oxygen atoms in total. The molecule has 1 atom stereocenters. The maximum atomic E-state index is 12.5. The number of nitrogens with two attached hydrogens (primary N) is 1. The SMILES string of the molecule is CC(=O)N1C[C@@H](C(=O)Nc2ccc(C(N)=O)cc2)Oc2ccccc21. The Balaban J connectivity index is 1.76. The van der Waals surface area contributed by atoms with Crippen LogP contribution in [0.3, 0.4) is 0 Å². The second-order valence-corrected chi connectivity index (χ2v) is 5.63. The number of carbonyl (C=O) groups excluding carboxylic acids is 3. The number of amides is 3. The van der Waals surface area contributed by atoms with Gasteiger partial charge >= 0.3 is 0 Å². The topological polar surface area (TPSA) is 102 Å². The molecule has 0 aliphatic carbocycles. The Kier molecular flexibility index (Phi) is 4.38. The second-order valence-electron chi connectivity index (χ2n) is 5.63. The first-order chi connectivity index (χ1) is 12.0. The van der Waals surface area contributed by atoms with Crippen molar-refractivity contribution in [3.63, 3.8) is 0 Å². The lowest BCUT2D eigenvalue weighted by Gasteiger charge is -2.33. The highest BCUT2D eigenvalue weighted by Crippen LogP contribution is 2.33. The van der Waals surface area contributed by atoms with Crippen LogP contribution in [0.4, 0.5) is 11.4 Å². The molecule has 3 amide bonds. The van der Waals surface area contributed by atoms with Crippen LogP contribution >= 0.6 is 0 Å². The number of para-hydroxylation sites is 2. The van der Waals surface area contributed by atoms with E-state index in [1.54, 1.807) is 36.4 Å². The first-order valence-corrected chi connectivity index (χ1v) is 7.70. The van der Waals surface area contributed by atoms with Crippen LogP contribution in [0.2, 0.25) is 0 Å². The summed E-state index contributed by atoms with van der Waals surface area (Å²) in [5, 5.41) is 2.71. The van der Waals surface area contributed by atoms with E-state index in [9.17, 15) is 14.4 Å². The molecular weight excluding hydrogens is 322 g/mol. The molecule has 1 aliphatic rings. The molecule has 1 aliphatic heterocycles. The third kappa shape index (κ3) is 3.45. The van der Waals surface area contributed by atoms with Crippen molar-refractivity contribution >= 4 is 29.1 Å². The molecular formula is C18H17N3O4. The van der Waals surface area contributed by atoms with Gasteiger partial charge in [0.05, 0.1) is 12.2 Å². The molecule has 0 spiro atoms. The van der Waals surface area contributed by atoms with Gasteiger partial charge in [0.25, 0.3) is 5.91 Å². The van der Waals surface area contributed by atoms with Crippen LogP contribution < -0.4 is 20.7 Å². The Morgan fingerprint density at radius 2 is 1.80 bits per heavy atom. The molecule has 128 valence electrons. The number of ether oxygens (including phenoxy) is 1. The summed E-state index contributed by atoms with van der Waals surface area (Å²) in [7, 11) is 0. The van der Waals surface area contributed by atoms with Gasteiger partial charge in [-0.25, -0.2) is 0 Å². The maximum absolute atomic E-state index is 12.5. The molecule has 0 fully saturated rings. The minimum Gasteiger partial charge on any atom is -0.476 e. The first-order valence-electron chi connectivity index (χ1n) is 7.70. The van der Waals surface area contributed by atoms with Crippen molar-refractivity contribution in [2.24, 2.45) is 5.73 Å². The normalized spacial score (nSPS) is 15.7. The maximum Gasteiger partial charge on any atom is 0.267 e. The van der Waals surface area contributed by atoms with Crippen LogP contribution in [-0.4, -0.2) is 30.4 Å². The van der Waals surface area contributed by atoms with Gasteiger partial charge in [0.1, 0.15) is 5.75 Å². The average Bonchev–Trinajstić information content (AvgIpc) is 2.61. The van der Waals surface area contributed by atoms with Crippen LogP contribution in [0.25, 0.3) is 0 Å². The van der Waals surface area contributed by atoms with Gasteiger partial charge in [-0.15, -0.1) is 0 Å². The number of carbonyl (C=O) groups is 3. The van der Waals surface area contributed by atoms with Crippen molar-refractivity contribution in [1.82, 2.24) is 0 Å². The predicted molar refractivity (Wildman–Crippen MR) is 92.5 cm³/mol. The Labute approximate surface area is 144 Å². The van der Waals surface area contributed by atoms with Gasteiger partial charge in [-0.2, -0.15) is 0 Å².